The highest BCUT2D eigenvalue weighted by Gasteiger charge is 2.40. The molecule has 4 rings (SSSR count). The molecule has 0 bridgehead atoms. The Bertz CT molecular complexity index is 1050. The van der Waals surface area contributed by atoms with Gasteiger partial charge in [-0.2, -0.15) is 0 Å². The predicted octanol–water partition coefficient (Wildman–Crippen LogP) is 2.94. The number of benzene rings is 1. The van der Waals surface area contributed by atoms with Crippen LogP contribution in [0.25, 0.3) is 0 Å². The Morgan fingerprint density at radius 3 is 2.54 bits per heavy atom. The standard InChI is InChI=1S/C21H22N4O2S/c1-14-11-15(12-18(26)23-14)19(27)25-9-7-21(8-10-25,16-5-3-2-4-6-16)17-13-28-20(22)24-17/h2-6,11-13H,7-10H2,1H3,(H2,22,24)(H,23,26). The summed E-state index contributed by atoms with van der Waals surface area (Å²) in [5, 5.41) is 2.59. The van der Waals surface area contributed by atoms with E-state index in [1.54, 1.807) is 13.0 Å². The summed E-state index contributed by atoms with van der Waals surface area (Å²) in [6, 6.07) is 13.4. The zero-order chi connectivity index (χ0) is 19.7. The Kier molecular flexibility index (Phi) is 4.77. The number of nitrogens with two attached hydrogens (primary N) is 1. The lowest BCUT2D eigenvalue weighted by atomic mass is 9.70. The number of piperidine rings is 1. The van der Waals surface area contributed by atoms with Gasteiger partial charge in [0.05, 0.1) is 5.69 Å². The van der Waals surface area contributed by atoms with E-state index in [2.05, 4.69) is 22.1 Å². The number of likely N-dealkylation sites (tertiary alicyclic amines) is 1. The number of carbonyl (C=O) groups excluding carboxylic acids is 1. The van der Waals surface area contributed by atoms with Crippen LogP contribution in [-0.4, -0.2) is 33.9 Å². The number of nitrogens with zero attached hydrogens (tertiary/aromatic N) is 2. The maximum Gasteiger partial charge on any atom is 0.254 e. The van der Waals surface area contributed by atoms with Gasteiger partial charge < -0.3 is 15.6 Å². The molecule has 1 fully saturated rings. The van der Waals surface area contributed by atoms with E-state index in [1.807, 2.05) is 28.5 Å². The Morgan fingerprint density at radius 1 is 1.21 bits per heavy atom. The molecule has 0 spiro atoms. The van der Waals surface area contributed by atoms with Gasteiger partial charge in [-0.1, -0.05) is 30.3 Å². The van der Waals surface area contributed by atoms with Gasteiger partial charge in [-0.25, -0.2) is 4.98 Å². The average molecular weight is 395 g/mol. The van der Waals surface area contributed by atoms with Crippen LogP contribution in [0.1, 0.15) is 40.2 Å². The number of aromatic nitrogens is 2. The number of rotatable bonds is 3. The number of aryl methyl sites for hydroxylation is 1. The van der Waals surface area contributed by atoms with Crippen molar-refractivity contribution >= 4 is 22.4 Å². The highest BCUT2D eigenvalue weighted by molar-refractivity contribution is 7.13. The molecule has 3 N–H and O–H groups in total. The van der Waals surface area contributed by atoms with Crippen molar-refractivity contribution in [2.45, 2.75) is 25.2 Å². The predicted molar refractivity (Wildman–Crippen MR) is 111 cm³/mol. The van der Waals surface area contributed by atoms with E-state index in [0.717, 1.165) is 18.5 Å². The molecule has 0 unspecified atom stereocenters. The van der Waals surface area contributed by atoms with Gasteiger partial charge >= 0.3 is 0 Å². The molecule has 3 heterocycles. The molecule has 0 saturated carbocycles. The molecule has 1 aromatic carbocycles. The molecule has 0 atom stereocenters. The lowest BCUT2D eigenvalue weighted by Crippen LogP contribution is -2.46. The van der Waals surface area contributed by atoms with Crippen LogP contribution in [-0.2, 0) is 5.41 Å². The molecule has 6 nitrogen and oxygen atoms in total. The van der Waals surface area contributed by atoms with Crippen LogP contribution < -0.4 is 11.3 Å². The zero-order valence-electron chi connectivity index (χ0n) is 15.6. The SMILES string of the molecule is Cc1cc(C(=O)N2CCC(c3ccccc3)(c3csc(N)n3)CC2)cc(=O)[nH]1. The van der Waals surface area contributed by atoms with Crippen LogP contribution in [0.15, 0.2) is 52.6 Å². The Balaban J connectivity index is 1.62. The van der Waals surface area contributed by atoms with Gasteiger partial charge in [0, 0.05) is 41.2 Å². The minimum atomic E-state index is -0.254. The van der Waals surface area contributed by atoms with Crippen LogP contribution in [0.5, 0.6) is 0 Å². The molecule has 1 amide bonds. The summed E-state index contributed by atoms with van der Waals surface area (Å²) in [4.78, 5) is 33.7. The second kappa shape index (κ2) is 7.24. The summed E-state index contributed by atoms with van der Waals surface area (Å²) in [5.74, 6) is -0.103. The quantitative estimate of drug-likeness (QED) is 0.714. The molecular weight excluding hydrogens is 372 g/mol. The van der Waals surface area contributed by atoms with E-state index in [9.17, 15) is 9.59 Å². The van der Waals surface area contributed by atoms with E-state index < -0.39 is 0 Å². The number of carbonyl (C=O) groups is 1. The third-order valence-corrected chi connectivity index (χ3v) is 6.14. The Labute approximate surface area is 167 Å². The number of pyridine rings is 1. The van der Waals surface area contributed by atoms with Gasteiger partial charge in [-0.3, -0.25) is 9.59 Å². The molecule has 2 aromatic heterocycles. The largest absolute Gasteiger partial charge is 0.375 e. The van der Waals surface area contributed by atoms with Crippen molar-refractivity contribution in [3.63, 3.8) is 0 Å². The fourth-order valence-corrected chi connectivity index (χ4v) is 4.70. The second-order valence-electron chi connectivity index (χ2n) is 7.23. The van der Waals surface area contributed by atoms with Crippen molar-refractivity contribution in [1.82, 2.24) is 14.9 Å². The summed E-state index contributed by atoms with van der Waals surface area (Å²) in [6.07, 6.45) is 1.52. The average Bonchev–Trinajstić information content (AvgIpc) is 3.14. The van der Waals surface area contributed by atoms with Gasteiger partial charge in [0.1, 0.15) is 0 Å². The molecular formula is C21H22N4O2S. The lowest BCUT2D eigenvalue weighted by molar-refractivity contribution is 0.0684. The summed E-state index contributed by atoms with van der Waals surface area (Å²) in [5.41, 5.74) is 8.69. The molecule has 0 aliphatic carbocycles. The number of aromatic amines is 1. The maximum absolute atomic E-state index is 12.9. The van der Waals surface area contributed by atoms with E-state index in [-0.39, 0.29) is 16.9 Å². The van der Waals surface area contributed by atoms with E-state index in [1.165, 1.54) is 23.0 Å². The number of hydrogen-bond acceptors (Lipinski definition) is 5. The molecule has 1 saturated heterocycles. The summed E-state index contributed by atoms with van der Waals surface area (Å²) >= 11 is 1.45. The van der Waals surface area contributed by atoms with Crippen molar-refractivity contribution in [3.05, 3.63) is 80.7 Å². The minimum absolute atomic E-state index is 0.103. The van der Waals surface area contributed by atoms with Gasteiger partial charge in [0.2, 0.25) is 5.56 Å². The number of nitrogen functional groups attached to an aromatic ring is 1. The van der Waals surface area contributed by atoms with Crippen molar-refractivity contribution in [2.24, 2.45) is 0 Å². The summed E-state index contributed by atoms with van der Waals surface area (Å²) < 4.78 is 0. The molecule has 144 valence electrons. The molecule has 1 aliphatic rings. The first-order chi connectivity index (χ1) is 13.5. The molecule has 0 radical (unpaired) electrons. The molecule has 3 aromatic rings. The second-order valence-corrected chi connectivity index (χ2v) is 8.12. The van der Waals surface area contributed by atoms with Crippen molar-refractivity contribution in [1.29, 1.82) is 0 Å². The first-order valence-corrected chi connectivity index (χ1v) is 10.1. The van der Waals surface area contributed by atoms with Gasteiger partial charge in [-0.05, 0) is 31.4 Å². The summed E-state index contributed by atoms with van der Waals surface area (Å²) in [6.45, 7) is 2.97. The maximum atomic E-state index is 12.9. The number of amides is 1. The molecule has 7 heteroatoms. The fourth-order valence-electron chi connectivity index (χ4n) is 4.04. The zero-order valence-corrected chi connectivity index (χ0v) is 16.5. The Morgan fingerprint density at radius 2 is 1.93 bits per heavy atom. The van der Waals surface area contributed by atoms with Gasteiger partial charge in [-0.15, -0.1) is 11.3 Å². The van der Waals surface area contributed by atoms with E-state index in [0.29, 0.717) is 29.5 Å². The monoisotopic (exact) mass is 394 g/mol. The third-order valence-electron chi connectivity index (χ3n) is 5.47. The highest BCUT2D eigenvalue weighted by Crippen LogP contribution is 2.42. The van der Waals surface area contributed by atoms with Crippen LogP contribution >= 0.6 is 11.3 Å². The first-order valence-electron chi connectivity index (χ1n) is 9.25. The molecule has 1 aliphatic heterocycles. The number of thiazole rings is 1. The summed E-state index contributed by atoms with van der Waals surface area (Å²) in [7, 11) is 0. The van der Waals surface area contributed by atoms with Crippen LogP contribution in [0, 0.1) is 6.92 Å². The first kappa shape index (κ1) is 18.4. The van der Waals surface area contributed by atoms with E-state index in [4.69, 9.17) is 5.73 Å². The lowest BCUT2D eigenvalue weighted by Gasteiger charge is -2.41. The normalized spacial score (nSPS) is 16.1. The van der Waals surface area contributed by atoms with Crippen molar-refractivity contribution in [2.75, 3.05) is 18.8 Å². The van der Waals surface area contributed by atoms with Crippen LogP contribution in [0.4, 0.5) is 5.13 Å². The number of hydrogen-bond donors (Lipinski definition) is 2. The fraction of sp³-hybridized carbons (Fsp3) is 0.286. The van der Waals surface area contributed by atoms with Gasteiger partial charge in [0.15, 0.2) is 5.13 Å². The van der Waals surface area contributed by atoms with E-state index >= 15 is 0 Å². The highest BCUT2D eigenvalue weighted by atomic mass is 32.1. The number of nitrogens with one attached hydrogen (secondary N) is 1. The smallest absolute Gasteiger partial charge is 0.254 e. The van der Waals surface area contributed by atoms with Crippen LogP contribution in [0.2, 0.25) is 0 Å². The molecule has 28 heavy (non-hydrogen) atoms. The van der Waals surface area contributed by atoms with Crippen molar-refractivity contribution in [3.8, 4) is 0 Å². The van der Waals surface area contributed by atoms with Gasteiger partial charge in [0.25, 0.3) is 5.91 Å². The Hall–Kier alpha value is -2.93. The van der Waals surface area contributed by atoms with Crippen LogP contribution in [0.3, 0.4) is 0 Å². The topological polar surface area (TPSA) is 92.1 Å². The number of H-pyrrole nitrogens is 1. The minimum Gasteiger partial charge on any atom is -0.375 e. The number of anilines is 1. The third kappa shape index (κ3) is 3.33. The van der Waals surface area contributed by atoms with Crippen molar-refractivity contribution < 1.29 is 4.79 Å².